The third-order valence-corrected chi connectivity index (χ3v) is 6.08. The van der Waals surface area contributed by atoms with Crippen LogP contribution in [0.5, 0.6) is 5.75 Å². The van der Waals surface area contributed by atoms with Crippen LogP contribution in [-0.2, 0) is 18.8 Å². The van der Waals surface area contributed by atoms with Crippen molar-refractivity contribution in [3.05, 3.63) is 34.4 Å². The maximum atomic E-state index is 13.7. The van der Waals surface area contributed by atoms with Crippen molar-refractivity contribution in [1.82, 2.24) is 10.2 Å². The predicted octanol–water partition coefficient (Wildman–Crippen LogP) is 4.01. The molecule has 0 fully saturated rings. The van der Waals surface area contributed by atoms with E-state index in [1.54, 1.807) is 6.92 Å². The van der Waals surface area contributed by atoms with Crippen molar-refractivity contribution in [3.8, 4) is 5.75 Å². The molecule has 0 saturated carbocycles. The van der Waals surface area contributed by atoms with E-state index in [2.05, 4.69) is 10.2 Å². The van der Waals surface area contributed by atoms with E-state index < -0.39 is 36.9 Å². The van der Waals surface area contributed by atoms with E-state index in [1.807, 2.05) is 41.5 Å². The second kappa shape index (κ2) is 12.1. The first kappa shape index (κ1) is 30.0. The summed E-state index contributed by atoms with van der Waals surface area (Å²) in [6.07, 6.45) is -1.32. The number of carbonyl (C=O) groups excluding carboxylic acids is 1. The summed E-state index contributed by atoms with van der Waals surface area (Å²) in [5, 5.41) is 26.6. The van der Waals surface area contributed by atoms with Gasteiger partial charge in [0, 0.05) is 12.1 Å². The van der Waals surface area contributed by atoms with Crippen molar-refractivity contribution in [2.75, 3.05) is 13.2 Å². The second-order valence-electron chi connectivity index (χ2n) is 10.6. The van der Waals surface area contributed by atoms with E-state index in [0.717, 1.165) is 0 Å². The third-order valence-electron chi connectivity index (χ3n) is 4.13. The van der Waals surface area contributed by atoms with Gasteiger partial charge in [0.05, 0.1) is 24.2 Å². The lowest BCUT2D eigenvalue weighted by molar-refractivity contribution is -0.384. The Morgan fingerprint density at radius 3 is 2.06 bits per heavy atom. The monoisotopic (exact) mass is 503 g/mol. The maximum absolute atomic E-state index is 13.7. The number of non-ortho nitro benzene ring substituents is 1. The van der Waals surface area contributed by atoms with Crippen molar-refractivity contribution in [2.45, 2.75) is 73.8 Å². The molecule has 0 amide bonds. The molecular weight excluding hydrogens is 465 g/mol. The fourth-order valence-electron chi connectivity index (χ4n) is 2.40. The molecule has 0 aliphatic heterocycles. The first-order chi connectivity index (χ1) is 15.4. The number of nitro groups is 1. The van der Waals surface area contributed by atoms with Crippen molar-refractivity contribution in [1.29, 1.82) is 0 Å². The second-order valence-corrected chi connectivity index (χ2v) is 12.4. The van der Waals surface area contributed by atoms with Crippen molar-refractivity contribution in [2.24, 2.45) is 10.8 Å². The number of benzene rings is 1. The van der Waals surface area contributed by atoms with Crippen LogP contribution < -0.4 is 14.7 Å². The molecule has 2 unspecified atom stereocenters. The van der Waals surface area contributed by atoms with Gasteiger partial charge in [0.15, 0.2) is 6.29 Å². The molecule has 0 aliphatic rings. The Labute approximate surface area is 201 Å². The average Bonchev–Trinajstić information content (AvgIpc) is 2.68. The number of hydrogen-bond donors (Lipinski definition) is 3. The molecule has 0 aliphatic carbocycles. The fourth-order valence-corrected chi connectivity index (χ4v) is 4.28. The molecule has 4 atom stereocenters. The van der Waals surface area contributed by atoms with Crippen LogP contribution >= 0.6 is 7.67 Å². The zero-order chi connectivity index (χ0) is 26.3. The highest BCUT2D eigenvalue weighted by Gasteiger charge is 2.34. The minimum absolute atomic E-state index is 0.0569. The van der Waals surface area contributed by atoms with Crippen LogP contribution in [-0.4, -0.2) is 47.6 Å². The van der Waals surface area contributed by atoms with Gasteiger partial charge in [0.25, 0.3) is 5.69 Å². The molecule has 0 heterocycles. The molecule has 194 valence electrons. The van der Waals surface area contributed by atoms with Crippen molar-refractivity contribution < 1.29 is 33.4 Å². The van der Waals surface area contributed by atoms with Gasteiger partial charge in [-0.05, 0) is 36.8 Å². The number of aliphatic hydroxyl groups excluding tert-OH is 1. The highest BCUT2D eigenvalue weighted by Crippen LogP contribution is 2.41. The van der Waals surface area contributed by atoms with Crippen LogP contribution in [0, 0.1) is 20.9 Å². The summed E-state index contributed by atoms with van der Waals surface area (Å²) < 4.78 is 30.0. The van der Waals surface area contributed by atoms with Gasteiger partial charge >= 0.3 is 13.6 Å². The molecule has 1 aromatic carbocycles. The van der Waals surface area contributed by atoms with Crippen LogP contribution in [0.25, 0.3) is 0 Å². The molecule has 0 saturated heterocycles. The van der Waals surface area contributed by atoms with Crippen LogP contribution in [0.1, 0.15) is 55.4 Å². The molecule has 1 rings (SSSR count). The Hall–Kier alpha value is -2.04. The number of carbonyl (C=O) groups is 1. The lowest BCUT2D eigenvalue weighted by Gasteiger charge is -2.30. The molecular formula is C22H38N3O8P. The largest absolute Gasteiger partial charge is 0.464 e. The van der Waals surface area contributed by atoms with Gasteiger partial charge in [-0.15, -0.1) is 0 Å². The third kappa shape index (κ3) is 11.4. The summed E-state index contributed by atoms with van der Waals surface area (Å²) in [6.45, 7) is 15.0. The standard InChI is InChI=1S/C22H38N3O8P/c1-15(19(26)31-13-21(3,4)5)23-34(30,24-16(2)20(27)32-14-22(6,7)8)33-18-11-9-17(10-12-18)25(28)29/h9-12,15-16,19,26H,13-14H2,1-8H3,(H2,23,24,30)/t15-,16-,19?,34?/m0/s1. The number of rotatable bonds is 12. The van der Waals surface area contributed by atoms with Crippen LogP contribution in [0.15, 0.2) is 24.3 Å². The van der Waals surface area contributed by atoms with Crippen LogP contribution in [0.3, 0.4) is 0 Å². The van der Waals surface area contributed by atoms with E-state index in [0.29, 0.717) is 0 Å². The summed E-state index contributed by atoms with van der Waals surface area (Å²) >= 11 is 0. The van der Waals surface area contributed by atoms with Crippen molar-refractivity contribution >= 4 is 19.3 Å². The minimum Gasteiger partial charge on any atom is -0.464 e. The average molecular weight is 504 g/mol. The van der Waals surface area contributed by atoms with Crippen LogP contribution in [0.2, 0.25) is 0 Å². The van der Waals surface area contributed by atoms with E-state index >= 15 is 0 Å². The number of hydrogen-bond acceptors (Lipinski definition) is 8. The van der Waals surface area contributed by atoms with E-state index in [9.17, 15) is 24.6 Å². The number of nitrogens with zero attached hydrogens (tertiary/aromatic N) is 1. The van der Waals surface area contributed by atoms with Gasteiger partial charge in [-0.1, -0.05) is 41.5 Å². The zero-order valence-corrected chi connectivity index (χ0v) is 22.0. The van der Waals surface area contributed by atoms with Crippen LogP contribution in [0.4, 0.5) is 5.69 Å². The predicted molar refractivity (Wildman–Crippen MR) is 128 cm³/mol. The smallest absolute Gasteiger partial charge is 0.391 e. The van der Waals surface area contributed by atoms with Gasteiger partial charge in [0.1, 0.15) is 11.8 Å². The summed E-state index contributed by atoms with van der Waals surface area (Å²) in [6, 6.07) is 3.08. The zero-order valence-electron chi connectivity index (χ0n) is 21.2. The van der Waals surface area contributed by atoms with E-state index in [4.69, 9.17) is 14.0 Å². The van der Waals surface area contributed by atoms with Gasteiger partial charge in [0.2, 0.25) is 0 Å². The van der Waals surface area contributed by atoms with Gasteiger partial charge in [-0.2, -0.15) is 0 Å². The number of aliphatic hydroxyl groups is 1. The molecule has 3 N–H and O–H groups in total. The Bertz CT molecular complexity index is 864. The van der Waals surface area contributed by atoms with Gasteiger partial charge in [-0.3, -0.25) is 14.9 Å². The molecule has 0 aromatic heterocycles. The first-order valence-electron chi connectivity index (χ1n) is 11.0. The fraction of sp³-hybridized carbons (Fsp3) is 0.682. The molecule has 11 nitrogen and oxygen atoms in total. The molecule has 0 radical (unpaired) electrons. The summed E-state index contributed by atoms with van der Waals surface area (Å²) in [7, 11) is -4.04. The Morgan fingerprint density at radius 1 is 1.06 bits per heavy atom. The molecule has 1 aromatic rings. The normalized spacial score (nSPS) is 16.7. The number of nitrogens with one attached hydrogen (secondary N) is 2. The maximum Gasteiger partial charge on any atom is 0.391 e. The number of nitro benzene ring substituents is 1. The number of ether oxygens (including phenoxy) is 2. The molecule has 12 heteroatoms. The molecule has 0 bridgehead atoms. The van der Waals surface area contributed by atoms with E-state index in [1.165, 1.54) is 31.2 Å². The lowest BCUT2D eigenvalue weighted by atomic mass is 9.99. The van der Waals surface area contributed by atoms with Crippen molar-refractivity contribution in [3.63, 3.8) is 0 Å². The summed E-state index contributed by atoms with van der Waals surface area (Å²) in [5.41, 5.74) is -0.625. The molecule has 34 heavy (non-hydrogen) atoms. The SMILES string of the molecule is C[C@H](NP(=O)(N[C@@H](C)C(O)OCC(C)(C)C)Oc1ccc([N+](=O)[O-])cc1)C(=O)OCC(C)(C)C. The highest BCUT2D eigenvalue weighted by atomic mass is 31.2. The highest BCUT2D eigenvalue weighted by molar-refractivity contribution is 7.55. The van der Waals surface area contributed by atoms with E-state index in [-0.39, 0.29) is 35.5 Å². The Balaban J connectivity index is 3.03. The Morgan fingerprint density at radius 2 is 1.59 bits per heavy atom. The number of esters is 1. The molecule has 0 spiro atoms. The van der Waals surface area contributed by atoms with Gasteiger partial charge in [-0.25, -0.2) is 14.7 Å². The minimum atomic E-state index is -4.04. The topological polar surface area (TPSA) is 149 Å². The Kier molecular flexibility index (Phi) is 10.7. The lowest BCUT2D eigenvalue weighted by Crippen LogP contribution is -2.45. The first-order valence-corrected chi connectivity index (χ1v) is 12.6. The quantitative estimate of drug-likeness (QED) is 0.126. The summed E-state index contributed by atoms with van der Waals surface area (Å²) in [4.78, 5) is 22.8. The summed E-state index contributed by atoms with van der Waals surface area (Å²) in [5.74, 6) is -0.581. The van der Waals surface area contributed by atoms with Gasteiger partial charge < -0.3 is 19.1 Å².